The van der Waals surface area contributed by atoms with Crippen LogP contribution in [-0.4, -0.2) is 41.5 Å². The fourth-order valence-corrected chi connectivity index (χ4v) is 3.38. The van der Waals surface area contributed by atoms with Crippen molar-refractivity contribution >= 4 is 17.7 Å². The van der Waals surface area contributed by atoms with Gasteiger partial charge in [-0.05, 0) is 55.8 Å². The highest BCUT2D eigenvalue weighted by Crippen LogP contribution is 2.32. The zero-order chi connectivity index (χ0) is 22.7. The summed E-state index contributed by atoms with van der Waals surface area (Å²) >= 11 is 0. The number of aromatic nitrogens is 2. The largest absolute Gasteiger partial charge is 0.486 e. The number of ether oxygens (including phenoxy) is 3. The molecule has 0 fully saturated rings. The summed E-state index contributed by atoms with van der Waals surface area (Å²) in [7, 11) is 0. The van der Waals surface area contributed by atoms with Crippen LogP contribution in [0.15, 0.2) is 48.7 Å². The molecule has 4 rings (SSSR count). The topological polar surface area (TPSA) is 118 Å². The number of hydrogen-bond acceptors (Lipinski definition) is 7. The van der Waals surface area contributed by atoms with Crippen molar-refractivity contribution < 1.29 is 23.8 Å². The van der Waals surface area contributed by atoms with Crippen LogP contribution in [0, 0.1) is 0 Å². The van der Waals surface area contributed by atoms with Gasteiger partial charge in [-0.3, -0.25) is 4.79 Å². The molecule has 2 heterocycles. The third kappa shape index (κ3) is 4.22. The quantitative estimate of drug-likeness (QED) is 0.571. The van der Waals surface area contributed by atoms with E-state index in [0.717, 1.165) is 5.56 Å². The molecular weight excluding hydrogens is 412 g/mol. The second kappa shape index (κ2) is 9.01. The number of anilines is 1. The molecule has 0 unspecified atom stereocenters. The fourth-order valence-electron chi connectivity index (χ4n) is 3.38. The summed E-state index contributed by atoms with van der Waals surface area (Å²) in [6.45, 7) is 4.91. The van der Waals surface area contributed by atoms with Crippen LogP contribution < -0.4 is 20.5 Å². The molecule has 0 saturated carbocycles. The molecule has 1 aromatic heterocycles. The van der Waals surface area contributed by atoms with Crippen LogP contribution in [0.4, 0.5) is 5.82 Å². The van der Waals surface area contributed by atoms with E-state index in [1.165, 1.54) is 10.9 Å². The first-order valence-corrected chi connectivity index (χ1v) is 10.3. The molecule has 0 spiro atoms. The van der Waals surface area contributed by atoms with Crippen LogP contribution in [0.25, 0.3) is 5.69 Å². The number of rotatable bonds is 6. The summed E-state index contributed by atoms with van der Waals surface area (Å²) in [5, 5.41) is 7.13. The number of nitrogens with two attached hydrogens (primary N) is 1. The van der Waals surface area contributed by atoms with Crippen molar-refractivity contribution in [3.63, 3.8) is 0 Å². The van der Waals surface area contributed by atoms with E-state index in [0.29, 0.717) is 36.0 Å². The average molecular weight is 436 g/mol. The van der Waals surface area contributed by atoms with Crippen molar-refractivity contribution in [3.05, 3.63) is 65.4 Å². The van der Waals surface area contributed by atoms with E-state index in [2.05, 4.69) is 10.4 Å². The van der Waals surface area contributed by atoms with Crippen molar-refractivity contribution in [2.24, 2.45) is 0 Å². The van der Waals surface area contributed by atoms with Crippen LogP contribution in [0.2, 0.25) is 0 Å². The molecule has 166 valence electrons. The molecule has 1 aliphatic rings. The number of hydrogen-bond donors (Lipinski definition) is 2. The summed E-state index contributed by atoms with van der Waals surface area (Å²) in [6.07, 6.45) is 1.36. The van der Waals surface area contributed by atoms with Gasteiger partial charge in [-0.1, -0.05) is 6.07 Å². The lowest BCUT2D eigenvalue weighted by molar-refractivity contribution is 0.0527. The lowest BCUT2D eigenvalue weighted by Crippen LogP contribution is -2.26. The standard InChI is InChI=1S/C23H24N4O5/c1-3-30-23(29)18-13-25-27(21(18)24)17-7-4-15(5-8-17)22(28)26-14(2)16-6-9-19-20(12-16)32-11-10-31-19/h4-9,12-14H,3,10-11,24H2,1-2H3,(H,26,28)/t14-/m1/s1. The van der Waals surface area contributed by atoms with Gasteiger partial charge in [0.05, 0.1) is 24.5 Å². The van der Waals surface area contributed by atoms with Crippen LogP contribution in [0.1, 0.15) is 46.2 Å². The Morgan fingerprint density at radius 1 is 1.16 bits per heavy atom. The van der Waals surface area contributed by atoms with Crippen LogP contribution in [0.5, 0.6) is 11.5 Å². The molecule has 9 heteroatoms. The van der Waals surface area contributed by atoms with E-state index in [9.17, 15) is 9.59 Å². The zero-order valence-corrected chi connectivity index (χ0v) is 17.8. The molecule has 1 atom stereocenters. The fraction of sp³-hybridized carbons (Fsp3) is 0.261. The van der Waals surface area contributed by atoms with Crippen molar-refractivity contribution in [2.75, 3.05) is 25.6 Å². The number of carbonyl (C=O) groups is 2. The Labute approximate surface area is 185 Å². The van der Waals surface area contributed by atoms with Gasteiger partial charge in [0, 0.05) is 5.56 Å². The van der Waals surface area contributed by atoms with Gasteiger partial charge in [-0.15, -0.1) is 0 Å². The summed E-state index contributed by atoms with van der Waals surface area (Å²) in [6, 6.07) is 12.2. The zero-order valence-electron chi connectivity index (χ0n) is 17.8. The minimum Gasteiger partial charge on any atom is -0.486 e. The molecule has 1 aliphatic heterocycles. The number of nitrogens with zero attached hydrogens (tertiary/aromatic N) is 2. The molecule has 3 N–H and O–H groups in total. The van der Waals surface area contributed by atoms with Crippen molar-refractivity contribution in [3.8, 4) is 17.2 Å². The number of amides is 1. The number of esters is 1. The first kappa shape index (κ1) is 21.2. The minimum atomic E-state index is -0.527. The predicted molar refractivity (Wildman–Crippen MR) is 117 cm³/mol. The van der Waals surface area contributed by atoms with E-state index in [1.54, 1.807) is 31.2 Å². The first-order valence-electron chi connectivity index (χ1n) is 10.3. The summed E-state index contributed by atoms with van der Waals surface area (Å²) in [4.78, 5) is 24.7. The Kier molecular flexibility index (Phi) is 5.98. The maximum Gasteiger partial charge on any atom is 0.343 e. The van der Waals surface area contributed by atoms with E-state index in [4.69, 9.17) is 19.9 Å². The second-order valence-electron chi connectivity index (χ2n) is 7.22. The van der Waals surface area contributed by atoms with Crippen LogP contribution in [-0.2, 0) is 4.74 Å². The minimum absolute atomic E-state index is 0.174. The number of benzene rings is 2. The van der Waals surface area contributed by atoms with Crippen LogP contribution in [0.3, 0.4) is 0 Å². The van der Waals surface area contributed by atoms with E-state index in [-0.39, 0.29) is 29.9 Å². The van der Waals surface area contributed by atoms with Gasteiger partial charge in [0.15, 0.2) is 11.5 Å². The highest BCUT2D eigenvalue weighted by Gasteiger charge is 2.19. The Bertz CT molecular complexity index is 1140. The molecule has 9 nitrogen and oxygen atoms in total. The molecule has 2 aromatic carbocycles. The van der Waals surface area contributed by atoms with Gasteiger partial charge in [0.2, 0.25) is 0 Å². The monoisotopic (exact) mass is 436 g/mol. The van der Waals surface area contributed by atoms with Gasteiger partial charge in [-0.25, -0.2) is 9.48 Å². The van der Waals surface area contributed by atoms with Gasteiger partial charge >= 0.3 is 5.97 Å². The summed E-state index contributed by atoms with van der Waals surface area (Å²) < 4.78 is 17.5. The smallest absolute Gasteiger partial charge is 0.343 e. The average Bonchev–Trinajstić information content (AvgIpc) is 3.20. The summed E-state index contributed by atoms with van der Waals surface area (Å²) in [5.41, 5.74) is 8.25. The molecular formula is C23H24N4O5. The first-order chi connectivity index (χ1) is 15.5. The number of nitrogens with one attached hydrogen (secondary N) is 1. The number of carbonyl (C=O) groups excluding carboxylic acids is 2. The van der Waals surface area contributed by atoms with E-state index < -0.39 is 5.97 Å². The molecule has 0 saturated heterocycles. The molecule has 0 radical (unpaired) electrons. The molecule has 32 heavy (non-hydrogen) atoms. The molecule has 0 bridgehead atoms. The number of fused-ring (bicyclic) bond motifs is 1. The molecule has 1 amide bonds. The third-order valence-corrected chi connectivity index (χ3v) is 5.09. The third-order valence-electron chi connectivity index (χ3n) is 5.09. The highest BCUT2D eigenvalue weighted by atomic mass is 16.6. The predicted octanol–water partition coefficient (Wildman–Crippen LogP) is 2.89. The van der Waals surface area contributed by atoms with Gasteiger partial charge < -0.3 is 25.3 Å². The van der Waals surface area contributed by atoms with E-state index >= 15 is 0 Å². The Morgan fingerprint density at radius 2 is 1.88 bits per heavy atom. The van der Waals surface area contributed by atoms with Gasteiger partial charge in [0.25, 0.3) is 5.91 Å². The lowest BCUT2D eigenvalue weighted by Gasteiger charge is -2.21. The van der Waals surface area contributed by atoms with Gasteiger partial charge in [-0.2, -0.15) is 5.10 Å². The SMILES string of the molecule is CCOC(=O)c1cnn(-c2ccc(C(=O)N[C@H](C)c3ccc4c(c3)OCCO4)cc2)c1N. The highest BCUT2D eigenvalue weighted by molar-refractivity contribution is 5.95. The summed E-state index contributed by atoms with van der Waals surface area (Å²) in [5.74, 6) is 0.809. The number of nitrogen functional groups attached to an aromatic ring is 1. The Hall–Kier alpha value is -4.01. The van der Waals surface area contributed by atoms with Crippen molar-refractivity contribution in [1.29, 1.82) is 0 Å². The normalized spacial score (nSPS) is 13.3. The molecule has 0 aliphatic carbocycles. The van der Waals surface area contributed by atoms with E-state index in [1.807, 2.05) is 25.1 Å². The van der Waals surface area contributed by atoms with Crippen molar-refractivity contribution in [1.82, 2.24) is 15.1 Å². The van der Waals surface area contributed by atoms with Crippen molar-refractivity contribution in [2.45, 2.75) is 19.9 Å². The molecule has 3 aromatic rings. The maximum atomic E-state index is 12.7. The second-order valence-corrected chi connectivity index (χ2v) is 7.22. The Balaban J connectivity index is 1.45. The van der Waals surface area contributed by atoms with Crippen LogP contribution >= 0.6 is 0 Å². The van der Waals surface area contributed by atoms with Gasteiger partial charge in [0.1, 0.15) is 24.6 Å². The lowest BCUT2D eigenvalue weighted by atomic mass is 10.1. The maximum absolute atomic E-state index is 12.7. The Morgan fingerprint density at radius 3 is 2.59 bits per heavy atom.